The number of hydrogen-bond acceptors (Lipinski definition) is 3. The van der Waals surface area contributed by atoms with Crippen LogP contribution in [0.4, 0.5) is 0 Å². The summed E-state index contributed by atoms with van der Waals surface area (Å²) in [6.07, 6.45) is 1.01. The first-order chi connectivity index (χ1) is 5.27. The molecule has 1 atom stereocenters. The molecule has 1 heterocycles. The molecular formula is C7H11BrN2S. The number of rotatable bonds is 3. The van der Waals surface area contributed by atoms with Crippen LogP contribution in [0, 0.1) is 0 Å². The third-order valence-corrected chi connectivity index (χ3v) is 3.12. The average Bonchev–Trinajstić information content (AvgIpc) is 2.39. The highest BCUT2D eigenvalue weighted by molar-refractivity contribution is 9.11. The summed E-state index contributed by atoms with van der Waals surface area (Å²) in [4.78, 5) is 0. The van der Waals surface area contributed by atoms with Crippen molar-refractivity contribution in [3.8, 4) is 0 Å². The van der Waals surface area contributed by atoms with Crippen LogP contribution in [0.3, 0.4) is 0 Å². The van der Waals surface area contributed by atoms with Crippen LogP contribution in [0.1, 0.15) is 24.9 Å². The SMILES string of the molecule is CCC(NN)c1csc(Br)c1. The Morgan fingerprint density at radius 2 is 2.55 bits per heavy atom. The van der Waals surface area contributed by atoms with E-state index in [0.29, 0.717) is 0 Å². The summed E-state index contributed by atoms with van der Waals surface area (Å²) in [7, 11) is 0. The van der Waals surface area contributed by atoms with Crippen molar-refractivity contribution in [1.29, 1.82) is 0 Å². The molecule has 0 saturated carbocycles. The summed E-state index contributed by atoms with van der Waals surface area (Å²) in [5.41, 5.74) is 4.02. The van der Waals surface area contributed by atoms with Crippen LogP contribution in [0.5, 0.6) is 0 Å². The van der Waals surface area contributed by atoms with Crippen LogP contribution in [0.2, 0.25) is 0 Å². The van der Waals surface area contributed by atoms with Gasteiger partial charge in [0.2, 0.25) is 0 Å². The molecule has 1 unspecified atom stereocenters. The molecule has 62 valence electrons. The van der Waals surface area contributed by atoms with Crippen molar-refractivity contribution in [3.05, 3.63) is 20.8 Å². The number of hydrazine groups is 1. The van der Waals surface area contributed by atoms with Crippen molar-refractivity contribution >= 4 is 27.3 Å². The Morgan fingerprint density at radius 3 is 2.91 bits per heavy atom. The Kier molecular flexibility index (Phi) is 3.51. The van der Waals surface area contributed by atoms with Gasteiger partial charge in [0.25, 0.3) is 0 Å². The Hall–Kier alpha value is 0.100. The smallest absolute Gasteiger partial charge is 0.0701 e. The molecule has 0 aromatic carbocycles. The maximum atomic E-state index is 5.36. The predicted molar refractivity (Wildman–Crippen MR) is 52.4 cm³/mol. The van der Waals surface area contributed by atoms with Crippen LogP contribution < -0.4 is 11.3 Å². The second-order valence-electron chi connectivity index (χ2n) is 2.31. The quantitative estimate of drug-likeness (QED) is 0.623. The zero-order chi connectivity index (χ0) is 8.27. The molecule has 1 rings (SSSR count). The summed E-state index contributed by atoms with van der Waals surface area (Å²) in [5.74, 6) is 5.36. The summed E-state index contributed by atoms with van der Waals surface area (Å²) >= 11 is 5.09. The normalized spacial score (nSPS) is 13.4. The van der Waals surface area contributed by atoms with E-state index in [2.05, 4.69) is 39.7 Å². The largest absolute Gasteiger partial charge is 0.271 e. The third-order valence-electron chi connectivity index (χ3n) is 1.60. The van der Waals surface area contributed by atoms with Crippen LogP contribution in [0.25, 0.3) is 0 Å². The van der Waals surface area contributed by atoms with E-state index in [9.17, 15) is 0 Å². The first-order valence-corrected chi connectivity index (χ1v) is 5.15. The van der Waals surface area contributed by atoms with Gasteiger partial charge in [0.15, 0.2) is 0 Å². The number of thiophene rings is 1. The van der Waals surface area contributed by atoms with Crippen LogP contribution in [-0.4, -0.2) is 0 Å². The second-order valence-corrected chi connectivity index (χ2v) is 4.60. The molecule has 0 aliphatic carbocycles. The van der Waals surface area contributed by atoms with Gasteiger partial charge >= 0.3 is 0 Å². The van der Waals surface area contributed by atoms with Crippen LogP contribution in [-0.2, 0) is 0 Å². The summed E-state index contributed by atoms with van der Waals surface area (Å²) in [6.45, 7) is 2.11. The molecule has 1 aromatic rings. The summed E-state index contributed by atoms with van der Waals surface area (Å²) < 4.78 is 1.15. The monoisotopic (exact) mass is 234 g/mol. The maximum Gasteiger partial charge on any atom is 0.0701 e. The van der Waals surface area contributed by atoms with Crippen molar-refractivity contribution in [3.63, 3.8) is 0 Å². The molecule has 1 aromatic heterocycles. The molecule has 3 N–H and O–H groups in total. The fourth-order valence-corrected chi connectivity index (χ4v) is 2.19. The minimum atomic E-state index is 0.289. The Morgan fingerprint density at radius 1 is 1.82 bits per heavy atom. The van der Waals surface area contributed by atoms with Gasteiger partial charge < -0.3 is 0 Å². The first-order valence-electron chi connectivity index (χ1n) is 3.48. The standard InChI is InChI=1S/C7H11BrN2S/c1-2-6(10-9)5-3-7(8)11-4-5/h3-4,6,10H,2,9H2,1H3. The zero-order valence-corrected chi connectivity index (χ0v) is 8.71. The molecule has 0 radical (unpaired) electrons. The molecular weight excluding hydrogens is 224 g/mol. The van der Waals surface area contributed by atoms with Crippen molar-refractivity contribution in [1.82, 2.24) is 5.43 Å². The van der Waals surface area contributed by atoms with E-state index < -0.39 is 0 Å². The van der Waals surface area contributed by atoms with E-state index in [1.165, 1.54) is 5.56 Å². The predicted octanol–water partition coefficient (Wildman–Crippen LogP) is 2.42. The van der Waals surface area contributed by atoms with E-state index in [1.54, 1.807) is 11.3 Å². The fourth-order valence-electron chi connectivity index (χ4n) is 0.956. The van der Waals surface area contributed by atoms with Gasteiger partial charge in [0, 0.05) is 6.04 Å². The topological polar surface area (TPSA) is 38.0 Å². The molecule has 0 bridgehead atoms. The minimum absolute atomic E-state index is 0.289. The van der Waals surface area contributed by atoms with Gasteiger partial charge in [-0.1, -0.05) is 6.92 Å². The van der Waals surface area contributed by atoms with Crippen molar-refractivity contribution in [2.24, 2.45) is 5.84 Å². The van der Waals surface area contributed by atoms with E-state index in [4.69, 9.17) is 5.84 Å². The van der Waals surface area contributed by atoms with Gasteiger partial charge in [-0.05, 0) is 39.4 Å². The van der Waals surface area contributed by atoms with E-state index in [1.807, 2.05) is 0 Å². The van der Waals surface area contributed by atoms with Gasteiger partial charge in [0.1, 0.15) is 0 Å². The summed E-state index contributed by atoms with van der Waals surface area (Å²) in [5, 5.41) is 2.11. The minimum Gasteiger partial charge on any atom is -0.271 e. The Balaban J connectivity index is 2.73. The number of halogens is 1. The molecule has 0 amide bonds. The van der Waals surface area contributed by atoms with E-state index in [-0.39, 0.29) is 6.04 Å². The lowest BCUT2D eigenvalue weighted by atomic mass is 10.1. The Bertz CT molecular complexity index is 220. The lowest BCUT2D eigenvalue weighted by Crippen LogP contribution is -2.26. The molecule has 11 heavy (non-hydrogen) atoms. The van der Waals surface area contributed by atoms with Crippen LogP contribution in [0.15, 0.2) is 15.2 Å². The third kappa shape index (κ3) is 2.27. The lowest BCUT2D eigenvalue weighted by molar-refractivity contribution is 0.540. The van der Waals surface area contributed by atoms with Crippen molar-refractivity contribution in [2.45, 2.75) is 19.4 Å². The van der Waals surface area contributed by atoms with Gasteiger partial charge in [-0.15, -0.1) is 11.3 Å². The summed E-state index contributed by atoms with van der Waals surface area (Å²) in [6, 6.07) is 2.39. The molecule has 2 nitrogen and oxygen atoms in total. The highest BCUT2D eigenvalue weighted by atomic mass is 79.9. The first kappa shape index (κ1) is 9.19. The zero-order valence-electron chi connectivity index (χ0n) is 6.30. The van der Waals surface area contributed by atoms with Gasteiger partial charge in [-0.2, -0.15) is 0 Å². The highest BCUT2D eigenvalue weighted by Gasteiger charge is 2.07. The van der Waals surface area contributed by atoms with Crippen LogP contribution >= 0.6 is 27.3 Å². The van der Waals surface area contributed by atoms with Gasteiger partial charge in [-0.3, -0.25) is 11.3 Å². The number of hydrogen-bond donors (Lipinski definition) is 2. The molecule has 0 spiro atoms. The van der Waals surface area contributed by atoms with Crippen molar-refractivity contribution in [2.75, 3.05) is 0 Å². The lowest BCUT2D eigenvalue weighted by Gasteiger charge is -2.10. The maximum absolute atomic E-state index is 5.36. The van der Waals surface area contributed by atoms with E-state index in [0.717, 1.165) is 10.2 Å². The molecule has 0 fully saturated rings. The molecule has 0 aliphatic rings. The molecule has 0 saturated heterocycles. The number of nitrogens with one attached hydrogen (secondary N) is 1. The molecule has 4 heteroatoms. The fraction of sp³-hybridized carbons (Fsp3) is 0.429. The highest BCUT2D eigenvalue weighted by Crippen LogP contribution is 2.26. The van der Waals surface area contributed by atoms with Gasteiger partial charge in [0.05, 0.1) is 3.79 Å². The number of nitrogens with two attached hydrogens (primary N) is 1. The average molecular weight is 235 g/mol. The molecule has 0 aliphatic heterocycles. The van der Waals surface area contributed by atoms with Gasteiger partial charge in [-0.25, -0.2) is 0 Å². The second kappa shape index (κ2) is 4.21. The van der Waals surface area contributed by atoms with E-state index >= 15 is 0 Å². The van der Waals surface area contributed by atoms with Crippen molar-refractivity contribution < 1.29 is 0 Å². The Labute approximate surface area is 78.9 Å².